The number of aromatic nitrogens is 1. The number of nitrogens with one attached hydrogen (secondary N) is 1. The molecule has 8 heteroatoms. The average Bonchev–Trinajstić information content (AvgIpc) is 3.03. The Morgan fingerprint density at radius 1 is 1.44 bits per heavy atom. The van der Waals surface area contributed by atoms with Gasteiger partial charge in [0.25, 0.3) is 5.24 Å². The highest BCUT2D eigenvalue weighted by atomic mass is 32.2. The molecule has 0 bridgehead atoms. The van der Waals surface area contributed by atoms with E-state index < -0.39 is 0 Å². The Morgan fingerprint density at radius 2 is 2.32 bits per heavy atom. The van der Waals surface area contributed by atoms with Gasteiger partial charge in [0.2, 0.25) is 5.91 Å². The Hall–Kier alpha value is -1.80. The van der Waals surface area contributed by atoms with Crippen molar-refractivity contribution in [1.82, 2.24) is 15.2 Å². The van der Waals surface area contributed by atoms with E-state index in [0.717, 1.165) is 43.4 Å². The zero-order chi connectivity index (χ0) is 17.6. The number of ether oxygens (including phenoxy) is 1. The molecule has 1 N–H and O–H groups in total. The number of anilines is 1. The van der Waals surface area contributed by atoms with Gasteiger partial charge in [-0.25, -0.2) is 4.98 Å². The second kappa shape index (κ2) is 8.53. The molecule has 0 saturated carbocycles. The highest BCUT2D eigenvalue weighted by Crippen LogP contribution is 2.17. The number of hydrogen-bond acceptors (Lipinski definition) is 6. The fourth-order valence-electron chi connectivity index (χ4n) is 2.89. The van der Waals surface area contributed by atoms with E-state index in [1.54, 1.807) is 11.1 Å². The Morgan fingerprint density at radius 3 is 3.00 bits per heavy atom. The lowest BCUT2D eigenvalue weighted by molar-refractivity contribution is -0.121. The van der Waals surface area contributed by atoms with Crippen molar-refractivity contribution in [3.05, 3.63) is 23.9 Å². The summed E-state index contributed by atoms with van der Waals surface area (Å²) < 4.78 is 5.54. The third-order valence-electron chi connectivity index (χ3n) is 4.32. The molecule has 3 rings (SSSR count). The Bertz CT molecular complexity index is 610. The summed E-state index contributed by atoms with van der Waals surface area (Å²) in [4.78, 5) is 31.9. The number of nitrogens with zero attached hydrogens (tertiary/aromatic N) is 3. The average molecular weight is 364 g/mol. The van der Waals surface area contributed by atoms with Gasteiger partial charge in [0.15, 0.2) is 0 Å². The maximum Gasteiger partial charge on any atom is 0.281 e. The van der Waals surface area contributed by atoms with Gasteiger partial charge < -0.3 is 19.9 Å². The van der Waals surface area contributed by atoms with Crippen LogP contribution in [-0.2, 0) is 16.1 Å². The lowest BCUT2D eigenvalue weighted by atomic mass is 10.2. The summed E-state index contributed by atoms with van der Waals surface area (Å²) in [5, 5.41) is 2.96. The molecule has 0 radical (unpaired) electrons. The lowest BCUT2D eigenvalue weighted by Crippen LogP contribution is -2.41. The molecule has 1 unspecified atom stereocenters. The fourth-order valence-corrected chi connectivity index (χ4v) is 3.74. The molecule has 2 amide bonds. The Labute approximate surface area is 152 Å². The van der Waals surface area contributed by atoms with Crippen molar-refractivity contribution >= 4 is 28.7 Å². The molecule has 0 aromatic carbocycles. The van der Waals surface area contributed by atoms with Crippen LogP contribution < -0.4 is 10.2 Å². The number of hydrogen-bond donors (Lipinski definition) is 1. The summed E-state index contributed by atoms with van der Waals surface area (Å²) in [6.07, 6.45) is 2.36. The molecule has 2 aliphatic rings. The standard InChI is InChI=1S/C17H24N4O3S/c1-13-12-21(6-8-24-13)15-3-2-14(10-18-15)11-19-16(22)4-5-20-7-9-25-17(20)23/h2-3,10,13H,4-9,11-12H2,1H3,(H,19,22). The number of thioether (sulfide) groups is 1. The number of pyridine rings is 1. The zero-order valence-corrected chi connectivity index (χ0v) is 15.3. The van der Waals surface area contributed by atoms with E-state index in [1.807, 2.05) is 12.1 Å². The molecule has 2 aliphatic heterocycles. The summed E-state index contributed by atoms with van der Waals surface area (Å²) in [6, 6.07) is 3.98. The highest BCUT2D eigenvalue weighted by molar-refractivity contribution is 8.13. The summed E-state index contributed by atoms with van der Waals surface area (Å²) in [7, 11) is 0. The van der Waals surface area contributed by atoms with Crippen LogP contribution in [0.3, 0.4) is 0 Å². The molecule has 2 saturated heterocycles. The van der Waals surface area contributed by atoms with Gasteiger partial charge in [0, 0.05) is 51.1 Å². The van der Waals surface area contributed by atoms with Crippen LogP contribution >= 0.6 is 11.8 Å². The summed E-state index contributed by atoms with van der Waals surface area (Å²) in [5.41, 5.74) is 0.964. The van der Waals surface area contributed by atoms with Crippen LogP contribution in [-0.4, -0.2) is 65.7 Å². The molecule has 0 aliphatic carbocycles. The van der Waals surface area contributed by atoms with E-state index in [-0.39, 0.29) is 17.3 Å². The normalized spacial score (nSPS) is 20.8. The van der Waals surface area contributed by atoms with Gasteiger partial charge in [0.05, 0.1) is 12.7 Å². The van der Waals surface area contributed by atoms with Crippen molar-refractivity contribution in [1.29, 1.82) is 0 Å². The predicted molar refractivity (Wildman–Crippen MR) is 97.8 cm³/mol. The van der Waals surface area contributed by atoms with E-state index in [1.165, 1.54) is 11.8 Å². The number of morpholine rings is 1. The van der Waals surface area contributed by atoms with Gasteiger partial charge in [-0.05, 0) is 18.6 Å². The second-order valence-electron chi connectivity index (χ2n) is 6.28. The summed E-state index contributed by atoms with van der Waals surface area (Å²) in [6.45, 7) is 6.15. The van der Waals surface area contributed by atoms with Crippen LogP contribution in [0.1, 0.15) is 18.9 Å². The summed E-state index contributed by atoms with van der Waals surface area (Å²) in [5.74, 6) is 1.71. The van der Waals surface area contributed by atoms with Gasteiger partial charge in [-0.2, -0.15) is 0 Å². The summed E-state index contributed by atoms with van der Waals surface area (Å²) >= 11 is 1.32. The number of carbonyl (C=O) groups excluding carboxylic acids is 2. The van der Waals surface area contributed by atoms with Crippen LogP contribution in [0, 0.1) is 0 Å². The number of rotatable bonds is 6. The van der Waals surface area contributed by atoms with Crippen LogP contribution in [0.15, 0.2) is 18.3 Å². The molecular formula is C17H24N4O3S. The molecule has 3 heterocycles. The maximum atomic E-state index is 11.9. The first-order valence-corrected chi connectivity index (χ1v) is 9.60. The van der Waals surface area contributed by atoms with Crippen LogP contribution in [0.5, 0.6) is 0 Å². The first kappa shape index (κ1) is 18.0. The van der Waals surface area contributed by atoms with Crippen molar-refractivity contribution < 1.29 is 14.3 Å². The smallest absolute Gasteiger partial charge is 0.281 e. The Balaban J connectivity index is 1.42. The first-order chi connectivity index (χ1) is 12.1. The van der Waals surface area contributed by atoms with E-state index in [4.69, 9.17) is 4.74 Å². The van der Waals surface area contributed by atoms with Crippen LogP contribution in [0.2, 0.25) is 0 Å². The molecule has 1 atom stereocenters. The van der Waals surface area contributed by atoms with Gasteiger partial charge in [-0.3, -0.25) is 9.59 Å². The quantitative estimate of drug-likeness (QED) is 0.824. The highest BCUT2D eigenvalue weighted by Gasteiger charge is 2.21. The molecule has 1 aromatic rings. The predicted octanol–water partition coefficient (Wildman–Crippen LogP) is 1.48. The van der Waals surface area contributed by atoms with Crippen molar-refractivity contribution in [3.63, 3.8) is 0 Å². The van der Waals surface area contributed by atoms with Gasteiger partial charge in [0.1, 0.15) is 5.82 Å². The van der Waals surface area contributed by atoms with Gasteiger partial charge in [-0.15, -0.1) is 0 Å². The third-order valence-corrected chi connectivity index (χ3v) is 5.21. The van der Waals surface area contributed by atoms with Gasteiger partial charge in [-0.1, -0.05) is 17.8 Å². The van der Waals surface area contributed by atoms with Crippen molar-refractivity contribution in [3.8, 4) is 0 Å². The van der Waals surface area contributed by atoms with Gasteiger partial charge >= 0.3 is 0 Å². The Kier molecular flexibility index (Phi) is 6.14. The second-order valence-corrected chi connectivity index (χ2v) is 7.33. The van der Waals surface area contributed by atoms with E-state index in [2.05, 4.69) is 22.1 Å². The molecule has 1 aromatic heterocycles. The van der Waals surface area contributed by atoms with E-state index >= 15 is 0 Å². The molecule has 2 fully saturated rings. The maximum absolute atomic E-state index is 11.9. The van der Waals surface area contributed by atoms with E-state index in [9.17, 15) is 9.59 Å². The van der Waals surface area contributed by atoms with Crippen molar-refractivity contribution in [2.75, 3.05) is 43.4 Å². The number of carbonyl (C=O) groups is 2. The molecular weight excluding hydrogens is 340 g/mol. The molecule has 136 valence electrons. The van der Waals surface area contributed by atoms with Crippen LogP contribution in [0.25, 0.3) is 0 Å². The molecule has 25 heavy (non-hydrogen) atoms. The molecule has 0 spiro atoms. The minimum absolute atomic E-state index is 0.0456. The number of amides is 2. The minimum Gasteiger partial charge on any atom is -0.375 e. The van der Waals surface area contributed by atoms with Crippen molar-refractivity contribution in [2.24, 2.45) is 0 Å². The molecule has 7 nitrogen and oxygen atoms in total. The zero-order valence-electron chi connectivity index (χ0n) is 14.4. The van der Waals surface area contributed by atoms with Crippen LogP contribution in [0.4, 0.5) is 10.6 Å². The topological polar surface area (TPSA) is 74.8 Å². The minimum atomic E-state index is -0.0456. The largest absolute Gasteiger partial charge is 0.375 e. The van der Waals surface area contributed by atoms with Crippen molar-refractivity contribution in [2.45, 2.75) is 26.0 Å². The fraction of sp³-hybridized carbons (Fsp3) is 0.588. The van der Waals surface area contributed by atoms with E-state index in [0.29, 0.717) is 19.5 Å². The first-order valence-electron chi connectivity index (χ1n) is 8.61. The SMILES string of the molecule is CC1CN(c2ccc(CNC(=O)CCN3CCSC3=O)cn2)CCO1. The lowest BCUT2D eigenvalue weighted by Gasteiger charge is -2.32. The monoisotopic (exact) mass is 364 g/mol. The third kappa shape index (κ3) is 5.09.